The van der Waals surface area contributed by atoms with Crippen molar-refractivity contribution in [3.8, 4) is 5.75 Å². The lowest BCUT2D eigenvalue weighted by atomic mass is 10.1. The average molecular weight is 384 g/mol. The number of furan rings is 1. The maximum absolute atomic E-state index is 13.5. The molecule has 1 atom stereocenters. The van der Waals surface area contributed by atoms with Crippen molar-refractivity contribution >= 4 is 16.8 Å². The first-order chi connectivity index (χ1) is 13.4. The van der Waals surface area contributed by atoms with Crippen LogP contribution >= 0.6 is 0 Å². The fraction of sp³-hybridized carbons (Fsp3) is 0.318. The molecule has 148 valence electrons. The Morgan fingerprint density at radius 3 is 2.57 bits per heavy atom. The van der Waals surface area contributed by atoms with E-state index in [0.29, 0.717) is 23.1 Å². The van der Waals surface area contributed by atoms with Crippen molar-refractivity contribution in [3.63, 3.8) is 0 Å². The average Bonchev–Trinajstić information content (AvgIpc) is 3.01. The Hall–Kier alpha value is -2.70. The number of aryl methyl sites for hydroxylation is 1. The van der Waals surface area contributed by atoms with Gasteiger partial charge in [0.25, 0.3) is 0 Å². The van der Waals surface area contributed by atoms with E-state index in [4.69, 9.17) is 9.15 Å². The molecule has 0 spiro atoms. The Kier molecular flexibility index (Phi) is 6.11. The quantitative estimate of drug-likeness (QED) is 0.596. The highest BCUT2D eigenvalue weighted by Crippen LogP contribution is 2.26. The maximum atomic E-state index is 13.5. The summed E-state index contributed by atoms with van der Waals surface area (Å²) in [5.41, 5.74) is 2.31. The van der Waals surface area contributed by atoms with E-state index < -0.39 is 0 Å². The SMILES string of the molecule is COc1ccc(C(CNCC(=O)c2oc3ccc(F)cc3c2C)N(C)C)cc1. The molecule has 3 aromatic rings. The number of methoxy groups -OCH3 is 1. The zero-order chi connectivity index (χ0) is 20.3. The summed E-state index contributed by atoms with van der Waals surface area (Å²) in [5.74, 6) is 0.586. The number of hydrogen-bond donors (Lipinski definition) is 1. The van der Waals surface area contributed by atoms with Gasteiger partial charge in [0.2, 0.25) is 5.78 Å². The first kappa shape index (κ1) is 20.0. The van der Waals surface area contributed by atoms with Gasteiger partial charge in [-0.1, -0.05) is 12.1 Å². The predicted octanol–water partition coefficient (Wildman–Crippen LogP) is 3.96. The number of rotatable bonds is 8. The largest absolute Gasteiger partial charge is 0.497 e. The van der Waals surface area contributed by atoms with Gasteiger partial charge >= 0.3 is 0 Å². The number of carbonyl (C=O) groups is 1. The van der Waals surface area contributed by atoms with Gasteiger partial charge in [0.1, 0.15) is 17.1 Å². The molecule has 0 saturated carbocycles. The number of ketones is 1. The fourth-order valence-electron chi connectivity index (χ4n) is 3.29. The minimum absolute atomic E-state index is 0.101. The topological polar surface area (TPSA) is 54.7 Å². The molecule has 0 fully saturated rings. The molecule has 1 unspecified atom stereocenters. The first-order valence-corrected chi connectivity index (χ1v) is 9.13. The molecule has 0 radical (unpaired) electrons. The van der Waals surface area contributed by atoms with Crippen LogP contribution in [0.1, 0.15) is 27.7 Å². The molecular weight excluding hydrogens is 359 g/mol. The molecule has 2 aromatic carbocycles. The molecule has 0 aliphatic rings. The van der Waals surface area contributed by atoms with E-state index in [1.54, 1.807) is 20.1 Å². The van der Waals surface area contributed by atoms with Crippen LogP contribution in [0.3, 0.4) is 0 Å². The highest BCUT2D eigenvalue weighted by molar-refractivity contribution is 6.01. The Balaban J connectivity index is 1.67. The third kappa shape index (κ3) is 4.24. The number of halogens is 1. The zero-order valence-corrected chi connectivity index (χ0v) is 16.6. The van der Waals surface area contributed by atoms with Gasteiger partial charge in [-0.2, -0.15) is 0 Å². The number of ether oxygens (including phenoxy) is 1. The van der Waals surface area contributed by atoms with Crippen molar-refractivity contribution in [3.05, 3.63) is 65.2 Å². The zero-order valence-electron chi connectivity index (χ0n) is 16.6. The number of fused-ring (bicyclic) bond motifs is 1. The number of nitrogens with zero attached hydrogens (tertiary/aromatic N) is 1. The van der Waals surface area contributed by atoms with Crippen molar-refractivity contribution in [2.24, 2.45) is 0 Å². The minimum Gasteiger partial charge on any atom is -0.497 e. The minimum atomic E-state index is -0.346. The van der Waals surface area contributed by atoms with Crippen LogP contribution in [0.25, 0.3) is 11.0 Å². The molecule has 1 aromatic heterocycles. The molecule has 28 heavy (non-hydrogen) atoms. The van der Waals surface area contributed by atoms with E-state index >= 15 is 0 Å². The second kappa shape index (κ2) is 8.54. The maximum Gasteiger partial charge on any atom is 0.212 e. The summed E-state index contributed by atoms with van der Waals surface area (Å²) in [5, 5.41) is 3.85. The van der Waals surface area contributed by atoms with Crippen molar-refractivity contribution in [1.82, 2.24) is 10.2 Å². The fourth-order valence-corrected chi connectivity index (χ4v) is 3.29. The summed E-state index contributed by atoms with van der Waals surface area (Å²) in [6.45, 7) is 2.51. The Bertz CT molecular complexity index is 964. The van der Waals surface area contributed by atoms with Gasteiger partial charge in [-0.05, 0) is 56.9 Å². The van der Waals surface area contributed by atoms with E-state index in [-0.39, 0.29) is 29.9 Å². The number of benzene rings is 2. The molecule has 6 heteroatoms. The van der Waals surface area contributed by atoms with E-state index in [1.807, 2.05) is 38.4 Å². The van der Waals surface area contributed by atoms with Crippen LogP contribution in [0.15, 0.2) is 46.9 Å². The molecule has 0 aliphatic carbocycles. The monoisotopic (exact) mass is 384 g/mol. The van der Waals surface area contributed by atoms with Gasteiger partial charge in [-0.15, -0.1) is 0 Å². The number of carbonyl (C=O) groups excluding carboxylic acids is 1. The second-order valence-corrected chi connectivity index (χ2v) is 7.00. The van der Waals surface area contributed by atoms with E-state index in [0.717, 1.165) is 11.3 Å². The van der Waals surface area contributed by atoms with Crippen molar-refractivity contribution in [2.75, 3.05) is 34.3 Å². The van der Waals surface area contributed by atoms with Gasteiger partial charge in [-0.3, -0.25) is 4.79 Å². The van der Waals surface area contributed by atoms with Crippen LogP contribution in [0.4, 0.5) is 4.39 Å². The van der Waals surface area contributed by atoms with Gasteiger partial charge in [0.15, 0.2) is 5.76 Å². The highest BCUT2D eigenvalue weighted by atomic mass is 19.1. The van der Waals surface area contributed by atoms with Crippen LogP contribution in [0, 0.1) is 12.7 Å². The van der Waals surface area contributed by atoms with Crippen LogP contribution < -0.4 is 10.1 Å². The third-order valence-corrected chi connectivity index (χ3v) is 4.90. The van der Waals surface area contributed by atoms with Gasteiger partial charge in [0, 0.05) is 23.5 Å². The number of Topliss-reactive ketones (excluding diaryl/α,β-unsaturated/α-hetero) is 1. The summed E-state index contributed by atoms with van der Waals surface area (Å²) < 4.78 is 24.3. The molecule has 1 N–H and O–H groups in total. The Labute approximate surface area is 164 Å². The molecule has 5 nitrogen and oxygen atoms in total. The predicted molar refractivity (Wildman–Crippen MR) is 108 cm³/mol. The standard InChI is InChI=1S/C22H25FN2O3/c1-14-18-11-16(23)7-10-21(18)28-22(14)20(26)13-24-12-19(25(2)3)15-5-8-17(27-4)9-6-15/h5-11,19,24H,12-13H2,1-4H3. The van der Waals surface area contributed by atoms with Crippen LogP contribution in [-0.2, 0) is 0 Å². The third-order valence-electron chi connectivity index (χ3n) is 4.90. The summed E-state index contributed by atoms with van der Waals surface area (Å²) in [7, 11) is 5.63. The number of likely N-dealkylation sites (N-methyl/N-ethyl adjacent to an activating group) is 1. The van der Waals surface area contributed by atoms with Crippen molar-refractivity contribution < 1.29 is 18.3 Å². The van der Waals surface area contributed by atoms with Crippen LogP contribution in [-0.4, -0.2) is 45.0 Å². The molecule has 3 rings (SSSR count). The lowest BCUT2D eigenvalue weighted by Gasteiger charge is -2.25. The summed E-state index contributed by atoms with van der Waals surface area (Å²) in [4.78, 5) is 14.7. The molecule has 0 aliphatic heterocycles. The van der Waals surface area contributed by atoms with E-state index in [9.17, 15) is 9.18 Å². The lowest BCUT2D eigenvalue weighted by Crippen LogP contribution is -2.33. The molecule has 0 amide bonds. The smallest absolute Gasteiger partial charge is 0.212 e. The molecular formula is C22H25FN2O3. The van der Waals surface area contributed by atoms with Crippen molar-refractivity contribution in [2.45, 2.75) is 13.0 Å². The second-order valence-electron chi connectivity index (χ2n) is 7.00. The molecule has 0 saturated heterocycles. The first-order valence-electron chi connectivity index (χ1n) is 9.13. The summed E-state index contributed by atoms with van der Waals surface area (Å²) in [6, 6.07) is 12.3. The van der Waals surface area contributed by atoms with E-state index in [1.165, 1.54) is 12.1 Å². The highest BCUT2D eigenvalue weighted by Gasteiger charge is 2.19. The molecule has 0 bridgehead atoms. The van der Waals surface area contributed by atoms with Crippen LogP contribution in [0.5, 0.6) is 5.75 Å². The Morgan fingerprint density at radius 1 is 1.21 bits per heavy atom. The number of nitrogens with one attached hydrogen (secondary N) is 1. The lowest BCUT2D eigenvalue weighted by molar-refractivity contribution is 0.0963. The van der Waals surface area contributed by atoms with Crippen LogP contribution in [0.2, 0.25) is 0 Å². The Morgan fingerprint density at radius 2 is 1.93 bits per heavy atom. The van der Waals surface area contributed by atoms with Gasteiger partial charge in [0.05, 0.1) is 13.7 Å². The van der Waals surface area contributed by atoms with Gasteiger partial charge in [-0.25, -0.2) is 4.39 Å². The molecule has 1 heterocycles. The summed E-state index contributed by atoms with van der Waals surface area (Å²) >= 11 is 0. The normalized spacial score (nSPS) is 12.5. The van der Waals surface area contributed by atoms with Crippen molar-refractivity contribution in [1.29, 1.82) is 0 Å². The van der Waals surface area contributed by atoms with E-state index in [2.05, 4.69) is 10.2 Å². The van der Waals surface area contributed by atoms with Gasteiger partial charge < -0.3 is 19.4 Å². The summed E-state index contributed by atoms with van der Waals surface area (Å²) in [6.07, 6.45) is 0. The number of hydrogen-bond acceptors (Lipinski definition) is 5.